The Morgan fingerprint density at radius 2 is 1.50 bits per heavy atom. The van der Waals surface area contributed by atoms with Crippen molar-refractivity contribution in [3.63, 3.8) is 0 Å². The summed E-state index contributed by atoms with van der Waals surface area (Å²) in [5.41, 5.74) is 4.01. The van der Waals surface area contributed by atoms with Crippen LogP contribution in [0.3, 0.4) is 0 Å². The van der Waals surface area contributed by atoms with E-state index in [1.165, 1.54) is 67.5 Å². The average Bonchev–Trinajstić information content (AvgIpc) is 3.02. The fraction of sp³-hybridized carbons (Fsp3) is 0.364. The van der Waals surface area contributed by atoms with Gasteiger partial charge in [0.1, 0.15) is 0 Å². The molecule has 4 rings (SSSR count). The minimum atomic E-state index is 1.09. The summed E-state index contributed by atoms with van der Waals surface area (Å²) in [4.78, 5) is 2.64. The van der Waals surface area contributed by atoms with Gasteiger partial charge in [0.05, 0.1) is 0 Å². The van der Waals surface area contributed by atoms with Crippen LogP contribution in [-0.4, -0.2) is 29.1 Å². The summed E-state index contributed by atoms with van der Waals surface area (Å²) in [5, 5.41) is 1.34. The van der Waals surface area contributed by atoms with E-state index in [0.29, 0.717) is 0 Å². The zero-order valence-electron chi connectivity index (χ0n) is 14.3. The summed E-state index contributed by atoms with van der Waals surface area (Å²) in [6.07, 6.45) is 5.39. The molecule has 0 radical (unpaired) electrons. The van der Waals surface area contributed by atoms with E-state index in [9.17, 15) is 0 Å². The van der Waals surface area contributed by atoms with Gasteiger partial charge < -0.3 is 9.47 Å². The van der Waals surface area contributed by atoms with Crippen LogP contribution in [-0.2, 0) is 6.54 Å². The third-order valence-electron chi connectivity index (χ3n) is 5.18. The topological polar surface area (TPSA) is 8.17 Å². The predicted octanol–water partition coefficient (Wildman–Crippen LogP) is 5.18. The second-order valence-electron chi connectivity index (χ2n) is 6.86. The molecule has 3 aromatic rings. The summed E-state index contributed by atoms with van der Waals surface area (Å²) in [5.74, 6) is 0. The Kier molecular flexibility index (Phi) is 4.66. The molecule has 2 heteroatoms. The first-order valence-electron chi connectivity index (χ1n) is 9.28. The van der Waals surface area contributed by atoms with Gasteiger partial charge in [-0.1, -0.05) is 55.0 Å². The number of hydrogen-bond donors (Lipinski definition) is 0. The minimum Gasteiger partial charge on any atom is -0.340 e. The predicted molar refractivity (Wildman–Crippen MR) is 102 cm³/mol. The Morgan fingerprint density at radius 3 is 2.33 bits per heavy atom. The maximum atomic E-state index is 2.64. The second kappa shape index (κ2) is 7.23. The number of aromatic nitrogens is 1. The zero-order valence-corrected chi connectivity index (χ0v) is 14.3. The molecule has 124 valence electrons. The van der Waals surface area contributed by atoms with Crippen molar-refractivity contribution < 1.29 is 0 Å². The molecule has 1 aliphatic heterocycles. The Bertz CT molecular complexity index is 782. The molecule has 1 saturated heterocycles. The van der Waals surface area contributed by atoms with Crippen LogP contribution in [0.25, 0.3) is 22.2 Å². The number of likely N-dealkylation sites (tertiary alicyclic amines) is 1. The first-order valence-corrected chi connectivity index (χ1v) is 9.28. The zero-order chi connectivity index (χ0) is 16.2. The SMILES string of the molecule is c1ccc(-c2cc3ccccc3n2CCCN2CCCCC2)cc1. The van der Waals surface area contributed by atoms with Crippen LogP contribution in [0.5, 0.6) is 0 Å². The quantitative estimate of drug-likeness (QED) is 0.629. The monoisotopic (exact) mass is 318 g/mol. The van der Waals surface area contributed by atoms with Gasteiger partial charge in [0.15, 0.2) is 0 Å². The maximum Gasteiger partial charge on any atom is 0.0491 e. The van der Waals surface area contributed by atoms with Gasteiger partial charge in [-0.15, -0.1) is 0 Å². The summed E-state index contributed by atoms with van der Waals surface area (Å²) in [7, 11) is 0. The molecule has 2 aromatic carbocycles. The van der Waals surface area contributed by atoms with Gasteiger partial charge in [-0.25, -0.2) is 0 Å². The highest BCUT2D eigenvalue weighted by Gasteiger charge is 2.12. The largest absolute Gasteiger partial charge is 0.340 e. The lowest BCUT2D eigenvalue weighted by Crippen LogP contribution is -2.31. The summed E-state index contributed by atoms with van der Waals surface area (Å²) >= 11 is 0. The highest BCUT2D eigenvalue weighted by atomic mass is 15.1. The Morgan fingerprint density at radius 1 is 0.750 bits per heavy atom. The van der Waals surface area contributed by atoms with E-state index in [2.05, 4.69) is 70.1 Å². The maximum absolute atomic E-state index is 2.64. The summed E-state index contributed by atoms with van der Waals surface area (Å²) in [6, 6.07) is 21.9. The molecule has 0 bridgehead atoms. The number of aryl methyl sites for hydroxylation is 1. The smallest absolute Gasteiger partial charge is 0.0491 e. The number of rotatable bonds is 5. The normalized spacial score (nSPS) is 15.8. The number of hydrogen-bond acceptors (Lipinski definition) is 1. The van der Waals surface area contributed by atoms with Crippen LogP contribution in [0.1, 0.15) is 25.7 Å². The molecule has 2 heterocycles. The Balaban J connectivity index is 1.58. The molecule has 0 saturated carbocycles. The van der Waals surface area contributed by atoms with Crippen molar-refractivity contribution in [1.29, 1.82) is 0 Å². The van der Waals surface area contributed by atoms with Gasteiger partial charge in [0, 0.05) is 23.1 Å². The van der Waals surface area contributed by atoms with Crippen LogP contribution < -0.4 is 0 Å². The molecule has 0 unspecified atom stereocenters. The molecule has 0 N–H and O–H groups in total. The van der Waals surface area contributed by atoms with Gasteiger partial charge in [0.25, 0.3) is 0 Å². The van der Waals surface area contributed by atoms with E-state index in [1.807, 2.05) is 0 Å². The fourth-order valence-corrected chi connectivity index (χ4v) is 3.93. The van der Waals surface area contributed by atoms with Crippen LogP contribution in [0.2, 0.25) is 0 Å². The van der Waals surface area contributed by atoms with Gasteiger partial charge >= 0.3 is 0 Å². The van der Waals surface area contributed by atoms with Crippen molar-refractivity contribution in [2.24, 2.45) is 0 Å². The first-order chi connectivity index (χ1) is 11.9. The highest BCUT2D eigenvalue weighted by molar-refractivity contribution is 5.87. The van der Waals surface area contributed by atoms with Crippen molar-refractivity contribution in [1.82, 2.24) is 9.47 Å². The van der Waals surface area contributed by atoms with Crippen molar-refractivity contribution in [2.45, 2.75) is 32.2 Å². The molecule has 24 heavy (non-hydrogen) atoms. The van der Waals surface area contributed by atoms with Gasteiger partial charge in [-0.05, 0) is 56.6 Å². The fourth-order valence-electron chi connectivity index (χ4n) is 3.93. The van der Waals surface area contributed by atoms with E-state index >= 15 is 0 Å². The standard InChI is InChI=1S/C22H26N2/c1-3-10-19(11-4-1)22-18-20-12-5-6-13-21(20)24(22)17-9-16-23-14-7-2-8-15-23/h1,3-6,10-13,18H,2,7-9,14-17H2. The molecule has 0 atom stereocenters. The molecular weight excluding hydrogens is 292 g/mol. The molecule has 2 nitrogen and oxygen atoms in total. The number of nitrogens with zero attached hydrogens (tertiary/aromatic N) is 2. The molecule has 0 amide bonds. The third kappa shape index (κ3) is 3.25. The summed E-state index contributed by atoms with van der Waals surface area (Å²) < 4.78 is 2.51. The Labute approximate surface area is 144 Å². The number of para-hydroxylation sites is 1. The van der Waals surface area contributed by atoms with Crippen LogP contribution >= 0.6 is 0 Å². The summed E-state index contributed by atoms with van der Waals surface area (Å²) in [6.45, 7) is 4.89. The molecule has 1 aromatic heterocycles. The van der Waals surface area contributed by atoms with E-state index < -0.39 is 0 Å². The van der Waals surface area contributed by atoms with Gasteiger partial charge in [0.2, 0.25) is 0 Å². The van der Waals surface area contributed by atoms with Gasteiger partial charge in [-0.2, -0.15) is 0 Å². The number of fused-ring (bicyclic) bond motifs is 1. The average molecular weight is 318 g/mol. The second-order valence-corrected chi connectivity index (χ2v) is 6.86. The molecular formula is C22H26N2. The minimum absolute atomic E-state index is 1.09. The van der Waals surface area contributed by atoms with E-state index in [-0.39, 0.29) is 0 Å². The van der Waals surface area contributed by atoms with Crippen LogP contribution in [0, 0.1) is 0 Å². The van der Waals surface area contributed by atoms with Crippen molar-refractivity contribution in [2.75, 3.05) is 19.6 Å². The van der Waals surface area contributed by atoms with Gasteiger partial charge in [-0.3, -0.25) is 0 Å². The molecule has 0 spiro atoms. The van der Waals surface area contributed by atoms with E-state index in [0.717, 1.165) is 6.54 Å². The molecule has 0 aliphatic carbocycles. The van der Waals surface area contributed by atoms with Crippen molar-refractivity contribution in [3.8, 4) is 11.3 Å². The van der Waals surface area contributed by atoms with Crippen molar-refractivity contribution >= 4 is 10.9 Å². The lowest BCUT2D eigenvalue weighted by Gasteiger charge is -2.26. The number of benzene rings is 2. The first kappa shape index (κ1) is 15.5. The lowest BCUT2D eigenvalue weighted by atomic mass is 10.1. The van der Waals surface area contributed by atoms with Crippen molar-refractivity contribution in [3.05, 3.63) is 60.7 Å². The Hall–Kier alpha value is -2.06. The third-order valence-corrected chi connectivity index (χ3v) is 5.18. The molecule has 1 fully saturated rings. The van der Waals surface area contributed by atoms with Crippen LogP contribution in [0.4, 0.5) is 0 Å². The van der Waals surface area contributed by atoms with E-state index in [4.69, 9.17) is 0 Å². The van der Waals surface area contributed by atoms with E-state index in [1.54, 1.807) is 0 Å². The lowest BCUT2D eigenvalue weighted by molar-refractivity contribution is 0.223. The number of piperidine rings is 1. The highest BCUT2D eigenvalue weighted by Crippen LogP contribution is 2.28. The van der Waals surface area contributed by atoms with Crippen LogP contribution in [0.15, 0.2) is 60.7 Å². The molecule has 1 aliphatic rings.